The van der Waals surface area contributed by atoms with Gasteiger partial charge in [0.15, 0.2) is 0 Å². The van der Waals surface area contributed by atoms with Gasteiger partial charge >= 0.3 is 161 Å². The first-order chi connectivity index (χ1) is 13.5. The zero-order valence-electron chi connectivity index (χ0n) is 16.4. The molecule has 0 bridgehead atoms. The van der Waals surface area contributed by atoms with E-state index in [9.17, 15) is 14.7 Å². The van der Waals surface area contributed by atoms with Crippen LogP contribution in [0.2, 0.25) is 4.71 Å². The molecule has 0 aliphatic rings. The van der Waals surface area contributed by atoms with Crippen molar-refractivity contribution >= 4 is 39.7 Å². The third kappa shape index (κ3) is 7.23. The Morgan fingerprint density at radius 2 is 1.89 bits per heavy atom. The Morgan fingerprint density at radius 1 is 1.14 bits per heavy atom. The predicted molar refractivity (Wildman–Crippen MR) is 111 cm³/mol. The summed E-state index contributed by atoms with van der Waals surface area (Å²) >= 11 is 1.24. The van der Waals surface area contributed by atoms with Crippen LogP contribution in [-0.2, 0) is 25.5 Å². The maximum absolute atomic E-state index is 12.2. The number of unbranched alkanes of at least 4 members (excludes halogenated alkanes) is 5. The fourth-order valence-corrected chi connectivity index (χ4v) is 3.74. The normalized spacial score (nSPS) is 12.1. The number of H-pyrrole nitrogens is 1. The van der Waals surface area contributed by atoms with Crippen molar-refractivity contribution < 1.29 is 24.2 Å². The Kier molecular flexibility index (Phi) is 9.42. The van der Waals surface area contributed by atoms with Crippen LogP contribution < -0.4 is 0 Å². The number of carbonyl (C=O) groups excluding carboxylic acids is 2. The molecule has 0 spiro atoms. The summed E-state index contributed by atoms with van der Waals surface area (Å²) in [7, 11) is 0. The van der Waals surface area contributed by atoms with Gasteiger partial charge in [-0.2, -0.15) is 0 Å². The average molecular weight is 451 g/mol. The summed E-state index contributed by atoms with van der Waals surface area (Å²) < 4.78 is 9.87. The molecule has 2 aromatic rings. The number of aromatic hydroxyl groups is 1. The minimum absolute atomic E-state index is 0.183. The summed E-state index contributed by atoms with van der Waals surface area (Å²) in [6, 6.07) is 5.08. The molecule has 2 atom stereocenters. The van der Waals surface area contributed by atoms with Gasteiger partial charge in [-0.05, 0) is 0 Å². The summed E-state index contributed by atoms with van der Waals surface area (Å²) in [5, 5.41) is 10.5. The molecule has 0 aliphatic carbocycles. The zero-order chi connectivity index (χ0) is 20.4. The number of hydrogen-bond acceptors (Lipinski definition) is 5. The first-order valence-electron chi connectivity index (χ1n) is 9.88. The summed E-state index contributed by atoms with van der Waals surface area (Å²) in [5.41, 5.74) is 1.84. The van der Waals surface area contributed by atoms with Crippen molar-refractivity contribution in [3.63, 3.8) is 0 Å². The molecule has 0 fully saturated rings. The number of phenolic OH excluding ortho intramolecular Hbond substituents is 1. The number of fused-ring (bicyclic) bond motifs is 1. The van der Waals surface area contributed by atoms with Crippen LogP contribution in [0.4, 0.5) is 0 Å². The molecular formula is C21H30AsNO5. The minimum atomic E-state index is -0.501. The van der Waals surface area contributed by atoms with Gasteiger partial charge in [-0.3, -0.25) is 0 Å². The van der Waals surface area contributed by atoms with Crippen LogP contribution in [0.3, 0.4) is 0 Å². The van der Waals surface area contributed by atoms with E-state index in [1.165, 1.54) is 36.1 Å². The molecule has 0 radical (unpaired) electrons. The fourth-order valence-electron chi connectivity index (χ4n) is 3.00. The van der Waals surface area contributed by atoms with Gasteiger partial charge in [0, 0.05) is 0 Å². The Hall–Kier alpha value is -1.94. The van der Waals surface area contributed by atoms with Crippen molar-refractivity contribution in [2.24, 2.45) is 0 Å². The number of carbonyl (C=O) groups is 2. The van der Waals surface area contributed by atoms with Gasteiger partial charge in [0.05, 0.1) is 0 Å². The molecule has 154 valence electrons. The molecule has 2 unspecified atom stereocenters. The maximum atomic E-state index is 12.2. The SMILES string of the molecule is CCCCCCCCOC(=O)COC(=O)C([AsH2])Cc1c[nH]c2ccc(O)cc12. The Morgan fingerprint density at radius 3 is 2.68 bits per heavy atom. The molecule has 7 heteroatoms. The van der Waals surface area contributed by atoms with Gasteiger partial charge in [-0.25, -0.2) is 0 Å². The van der Waals surface area contributed by atoms with Crippen molar-refractivity contribution in [1.82, 2.24) is 4.98 Å². The molecule has 0 saturated carbocycles. The van der Waals surface area contributed by atoms with E-state index in [0.717, 1.165) is 35.7 Å². The number of hydrogen-bond donors (Lipinski definition) is 2. The van der Waals surface area contributed by atoms with Crippen molar-refractivity contribution in [2.45, 2.75) is 56.6 Å². The number of ether oxygens (including phenoxy) is 2. The predicted octanol–water partition coefficient (Wildman–Crippen LogP) is 3.28. The molecule has 2 rings (SSSR count). The second kappa shape index (κ2) is 11.8. The van der Waals surface area contributed by atoms with E-state index in [-0.39, 0.29) is 17.1 Å². The number of benzene rings is 1. The molecule has 6 nitrogen and oxygen atoms in total. The summed E-state index contributed by atoms with van der Waals surface area (Å²) in [4.78, 5) is 27.0. The van der Waals surface area contributed by atoms with Crippen LogP contribution in [0.25, 0.3) is 10.9 Å². The van der Waals surface area contributed by atoms with E-state index < -0.39 is 11.9 Å². The molecular weight excluding hydrogens is 421 g/mol. The molecule has 2 N–H and O–H groups in total. The molecule has 0 aliphatic heterocycles. The quantitative estimate of drug-likeness (QED) is 0.294. The third-order valence-corrected chi connectivity index (χ3v) is 5.65. The first-order valence-corrected chi connectivity index (χ1v) is 11.3. The number of aromatic nitrogens is 1. The number of rotatable bonds is 12. The molecule has 1 heterocycles. The van der Waals surface area contributed by atoms with Crippen LogP contribution in [0.1, 0.15) is 51.0 Å². The van der Waals surface area contributed by atoms with Crippen molar-refractivity contribution in [3.8, 4) is 5.75 Å². The summed E-state index contributed by atoms with van der Waals surface area (Å²) in [6.45, 7) is 2.21. The van der Waals surface area contributed by atoms with Gasteiger partial charge in [0.25, 0.3) is 0 Å². The standard InChI is InChI=1S/C21H30AsNO5/c1-2-3-4-5-6-7-10-27-20(25)14-28-21(26)18(22)11-15-13-23-19-9-8-16(24)12-17(15)19/h8-9,12-13,18,23-24H,2-7,10-11,14,22H2,1H3. The summed E-state index contributed by atoms with van der Waals surface area (Å²) in [6.07, 6.45) is 9.04. The first kappa shape index (κ1) is 22.3. The number of nitrogens with one attached hydrogen (secondary N) is 1. The molecule has 28 heavy (non-hydrogen) atoms. The fraction of sp³-hybridized carbons (Fsp3) is 0.524. The van der Waals surface area contributed by atoms with Crippen LogP contribution in [0.5, 0.6) is 5.75 Å². The van der Waals surface area contributed by atoms with E-state index in [0.29, 0.717) is 13.0 Å². The van der Waals surface area contributed by atoms with Gasteiger partial charge in [-0.15, -0.1) is 0 Å². The summed E-state index contributed by atoms with van der Waals surface area (Å²) in [5.74, 6) is -0.730. The number of phenols is 1. The van der Waals surface area contributed by atoms with Gasteiger partial charge < -0.3 is 0 Å². The van der Waals surface area contributed by atoms with Crippen molar-refractivity contribution in [3.05, 3.63) is 30.0 Å². The van der Waals surface area contributed by atoms with Gasteiger partial charge in [-0.1, -0.05) is 13.3 Å². The van der Waals surface area contributed by atoms with Crippen LogP contribution in [-0.4, -0.2) is 52.1 Å². The topological polar surface area (TPSA) is 88.6 Å². The van der Waals surface area contributed by atoms with Gasteiger partial charge in [0.1, 0.15) is 0 Å². The molecule has 0 saturated heterocycles. The number of esters is 2. The molecule has 0 amide bonds. The van der Waals surface area contributed by atoms with E-state index in [1.54, 1.807) is 18.2 Å². The van der Waals surface area contributed by atoms with Gasteiger partial charge in [0.2, 0.25) is 0 Å². The molecule has 1 aromatic heterocycles. The van der Waals surface area contributed by atoms with Crippen molar-refractivity contribution in [2.75, 3.05) is 13.2 Å². The Balaban J connectivity index is 1.67. The van der Waals surface area contributed by atoms with E-state index >= 15 is 0 Å². The van der Waals surface area contributed by atoms with Crippen LogP contribution in [0, 0.1) is 0 Å². The van der Waals surface area contributed by atoms with Crippen LogP contribution in [0.15, 0.2) is 24.4 Å². The Labute approximate surface area is 174 Å². The monoisotopic (exact) mass is 451 g/mol. The third-order valence-electron chi connectivity index (χ3n) is 4.59. The second-order valence-corrected chi connectivity index (χ2v) is 8.64. The second-order valence-electron chi connectivity index (χ2n) is 6.95. The van der Waals surface area contributed by atoms with Crippen LogP contribution >= 0.6 is 0 Å². The van der Waals surface area contributed by atoms with E-state index in [4.69, 9.17) is 9.47 Å². The Bertz CT molecular complexity index is 773. The average Bonchev–Trinajstić information content (AvgIpc) is 3.07. The van der Waals surface area contributed by atoms with E-state index in [2.05, 4.69) is 11.9 Å². The van der Waals surface area contributed by atoms with E-state index in [1.807, 2.05) is 6.20 Å². The molecule has 1 aromatic carbocycles. The zero-order valence-corrected chi connectivity index (χ0v) is 18.8. The number of aromatic amines is 1. The van der Waals surface area contributed by atoms with Crippen molar-refractivity contribution in [1.29, 1.82) is 0 Å².